The maximum atomic E-state index is 13.6. The van der Waals surface area contributed by atoms with Crippen molar-refractivity contribution in [2.45, 2.75) is 23.7 Å². The lowest BCUT2D eigenvalue weighted by Gasteiger charge is -2.29. The van der Waals surface area contributed by atoms with Gasteiger partial charge in [-0.05, 0) is 46.0 Å². The summed E-state index contributed by atoms with van der Waals surface area (Å²) in [5.41, 5.74) is -0.980. The number of fused-ring (bicyclic) bond motifs is 2. The van der Waals surface area contributed by atoms with Gasteiger partial charge in [-0.25, -0.2) is 17.9 Å². The predicted octanol–water partition coefficient (Wildman–Crippen LogP) is 4.28. The molecule has 0 saturated carbocycles. The Kier molecular flexibility index (Phi) is 6.36. The van der Waals surface area contributed by atoms with Crippen LogP contribution in [-0.4, -0.2) is 32.6 Å². The van der Waals surface area contributed by atoms with Gasteiger partial charge in [0.15, 0.2) is 5.03 Å². The zero-order valence-corrected chi connectivity index (χ0v) is 20.8. The van der Waals surface area contributed by atoms with Crippen LogP contribution in [0.3, 0.4) is 0 Å². The number of halogens is 3. The highest BCUT2D eigenvalue weighted by atomic mass is 32.2. The van der Waals surface area contributed by atoms with E-state index >= 15 is 0 Å². The minimum absolute atomic E-state index is 0.0500. The summed E-state index contributed by atoms with van der Waals surface area (Å²) in [5, 5.41) is 1.16. The molecule has 1 aliphatic rings. The molecule has 2 heterocycles. The Morgan fingerprint density at radius 1 is 1.03 bits per heavy atom. The van der Waals surface area contributed by atoms with E-state index in [1.54, 1.807) is 12.1 Å². The molecule has 0 bridgehead atoms. The molecule has 11 heteroatoms. The van der Waals surface area contributed by atoms with Gasteiger partial charge in [-0.2, -0.15) is 13.2 Å². The zero-order valence-electron chi connectivity index (χ0n) is 20.0. The maximum Gasteiger partial charge on any atom is 0.416 e. The van der Waals surface area contributed by atoms with E-state index in [0.29, 0.717) is 0 Å². The van der Waals surface area contributed by atoms with Crippen LogP contribution in [0, 0.1) is 0 Å². The molecule has 196 valence electrons. The quantitative estimate of drug-likeness (QED) is 0.389. The van der Waals surface area contributed by atoms with Crippen LogP contribution in [0.4, 0.5) is 13.2 Å². The average molecular weight is 543 g/mol. The second kappa shape index (κ2) is 9.41. The Hall–Kier alpha value is -3.96. The number of esters is 1. The number of methoxy groups -OCH3 is 1. The maximum absolute atomic E-state index is 13.6. The van der Waals surface area contributed by atoms with Gasteiger partial charge in [0, 0.05) is 18.2 Å². The van der Waals surface area contributed by atoms with Crippen LogP contribution in [-0.2, 0) is 32.2 Å². The first-order chi connectivity index (χ1) is 18.0. The van der Waals surface area contributed by atoms with E-state index in [4.69, 9.17) is 4.74 Å². The third-order valence-corrected chi connectivity index (χ3v) is 7.99. The molecule has 0 fully saturated rings. The standard InChI is InChI=1S/C27H21F3N2O5S/c1-37-26(34)22-15-31-38(35,36)25-24(18-9-5-10-20(13-18)27(28,29)30)19(14-23(33)32(22)25)12-17-8-4-7-16-6-2-3-11-21(16)17/h2-11,13-14,22,31H,12,15H2,1H3. The van der Waals surface area contributed by atoms with Crippen molar-refractivity contribution in [2.75, 3.05) is 13.7 Å². The number of hydrogen-bond acceptors (Lipinski definition) is 5. The average Bonchev–Trinajstić information content (AvgIpc) is 2.88. The number of aromatic nitrogens is 1. The predicted molar refractivity (Wildman–Crippen MR) is 134 cm³/mol. The lowest BCUT2D eigenvalue weighted by atomic mass is 9.93. The fourth-order valence-corrected chi connectivity index (χ4v) is 6.34. The van der Waals surface area contributed by atoms with Crippen molar-refractivity contribution in [3.05, 3.63) is 99.8 Å². The van der Waals surface area contributed by atoms with E-state index in [-0.39, 0.29) is 23.1 Å². The molecule has 1 atom stereocenters. The number of benzene rings is 3. The molecule has 1 unspecified atom stereocenters. The van der Waals surface area contributed by atoms with Gasteiger partial charge < -0.3 is 4.74 Å². The van der Waals surface area contributed by atoms with Crippen LogP contribution in [0.1, 0.15) is 22.7 Å². The second-order valence-corrected chi connectivity index (χ2v) is 10.5. The number of pyridine rings is 1. The topological polar surface area (TPSA) is 94.5 Å². The summed E-state index contributed by atoms with van der Waals surface area (Å²) < 4.78 is 75.4. The number of rotatable bonds is 4. The molecule has 3 aromatic carbocycles. The van der Waals surface area contributed by atoms with Gasteiger partial charge in [-0.15, -0.1) is 0 Å². The van der Waals surface area contributed by atoms with E-state index in [1.165, 1.54) is 18.2 Å². The zero-order chi connectivity index (χ0) is 27.2. The SMILES string of the molecule is COC(=O)C1CNS(=O)(=O)c2c(-c3cccc(C(F)(F)F)c3)c(Cc3cccc4ccccc34)cc(=O)n21. The number of sulfonamides is 1. The van der Waals surface area contributed by atoms with Crippen molar-refractivity contribution in [3.8, 4) is 11.1 Å². The highest BCUT2D eigenvalue weighted by Gasteiger charge is 2.39. The number of nitrogens with zero attached hydrogens (tertiary/aromatic N) is 1. The molecule has 0 saturated heterocycles. The number of carbonyl (C=O) groups is 1. The van der Waals surface area contributed by atoms with E-state index in [2.05, 4.69) is 4.72 Å². The van der Waals surface area contributed by atoms with Gasteiger partial charge in [0.2, 0.25) is 0 Å². The molecule has 0 radical (unpaired) electrons. The Morgan fingerprint density at radius 2 is 1.74 bits per heavy atom. The Morgan fingerprint density at radius 3 is 2.47 bits per heavy atom. The lowest BCUT2D eigenvalue weighted by molar-refractivity contribution is -0.144. The first-order valence-corrected chi connectivity index (χ1v) is 13.0. The second-order valence-electron chi connectivity index (χ2n) is 8.84. The summed E-state index contributed by atoms with van der Waals surface area (Å²) in [6, 6.07) is 17.0. The van der Waals surface area contributed by atoms with E-state index in [9.17, 15) is 31.2 Å². The van der Waals surface area contributed by atoms with Crippen LogP contribution >= 0.6 is 0 Å². The Balaban J connectivity index is 1.85. The number of ether oxygens (including phenoxy) is 1. The summed E-state index contributed by atoms with van der Waals surface area (Å²) in [5.74, 6) is -0.868. The molecular weight excluding hydrogens is 521 g/mol. The van der Waals surface area contributed by atoms with Gasteiger partial charge in [0.1, 0.15) is 6.04 Å². The minimum atomic E-state index is -4.69. The molecule has 4 aromatic rings. The fourth-order valence-electron chi connectivity index (χ4n) is 4.83. The molecule has 0 amide bonds. The molecule has 38 heavy (non-hydrogen) atoms. The van der Waals surface area contributed by atoms with Gasteiger partial charge in [-0.3, -0.25) is 9.36 Å². The van der Waals surface area contributed by atoms with Gasteiger partial charge in [0.05, 0.1) is 12.7 Å². The van der Waals surface area contributed by atoms with Crippen LogP contribution < -0.4 is 10.3 Å². The normalized spacial score (nSPS) is 16.7. The van der Waals surface area contributed by atoms with Gasteiger partial charge in [-0.1, -0.05) is 54.6 Å². The van der Waals surface area contributed by atoms with Crippen LogP contribution in [0.25, 0.3) is 21.9 Å². The molecule has 5 rings (SSSR count). The van der Waals surface area contributed by atoms with Crippen LogP contribution in [0.2, 0.25) is 0 Å². The van der Waals surface area contributed by atoms with E-state index in [1.807, 2.05) is 30.3 Å². The molecule has 1 N–H and O–H groups in total. The van der Waals surface area contributed by atoms with Crippen molar-refractivity contribution >= 4 is 26.8 Å². The summed E-state index contributed by atoms with van der Waals surface area (Å²) >= 11 is 0. The molecule has 1 aliphatic heterocycles. The molecule has 7 nitrogen and oxygen atoms in total. The smallest absolute Gasteiger partial charge is 0.416 e. The largest absolute Gasteiger partial charge is 0.467 e. The number of nitrogens with one attached hydrogen (secondary N) is 1. The van der Waals surface area contributed by atoms with Crippen molar-refractivity contribution in [1.82, 2.24) is 9.29 Å². The number of hydrogen-bond donors (Lipinski definition) is 1. The third-order valence-electron chi connectivity index (χ3n) is 6.53. The van der Waals surface area contributed by atoms with Gasteiger partial charge >= 0.3 is 12.1 Å². The molecule has 1 aromatic heterocycles. The van der Waals surface area contributed by atoms with E-state index < -0.39 is 50.9 Å². The number of alkyl halides is 3. The molecular formula is C27H21F3N2O5S. The van der Waals surface area contributed by atoms with Crippen molar-refractivity contribution < 1.29 is 31.1 Å². The summed E-state index contributed by atoms with van der Waals surface area (Å²) in [4.78, 5) is 25.8. The highest BCUT2D eigenvalue weighted by Crippen LogP contribution is 2.38. The van der Waals surface area contributed by atoms with Crippen molar-refractivity contribution in [2.24, 2.45) is 0 Å². The first-order valence-electron chi connectivity index (χ1n) is 11.5. The van der Waals surface area contributed by atoms with Crippen molar-refractivity contribution in [3.63, 3.8) is 0 Å². The summed E-state index contributed by atoms with van der Waals surface area (Å²) in [6.07, 6.45) is -4.64. The molecule has 0 aliphatic carbocycles. The van der Waals surface area contributed by atoms with Gasteiger partial charge in [0.25, 0.3) is 15.6 Å². The summed E-state index contributed by atoms with van der Waals surface area (Å²) in [7, 11) is -3.30. The summed E-state index contributed by atoms with van der Waals surface area (Å²) in [6.45, 7) is -0.438. The lowest BCUT2D eigenvalue weighted by Crippen LogP contribution is -2.47. The van der Waals surface area contributed by atoms with Crippen LogP contribution in [0.5, 0.6) is 0 Å². The number of carbonyl (C=O) groups excluding carboxylic acids is 1. The van der Waals surface area contributed by atoms with Crippen molar-refractivity contribution in [1.29, 1.82) is 0 Å². The Bertz CT molecular complexity index is 1740. The monoisotopic (exact) mass is 542 g/mol. The highest BCUT2D eigenvalue weighted by molar-refractivity contribution is 7.89. The first kappa shape index (κ1) is 25.7. The minimum Gasteiger partial charge on any atom is -0.467 e. The molecule has 0 spiro atoms. The van der Waals surface area contributed by atoms with Crippen LogP contribution in [0.15, 0.2) is 82.6 Å². The Labute approximate surface area is 215 Å². The van der Waals surface area contributed by atoms with E-state index in [0.717, 1.165) is 40.1 Å². The fraction of sp³-hybridized carbons (Fsp3) is 0.185. The third kappa shape index (κ3) is 4.48.